The molecule has 2 nitrogen and oxygen atoms in total. The molecule has 0 heterocycles. The zero-order chi connectivity index (χ0) is 15.5. The van der Waals surface area contributed by atoms with Crippen LogP contribution in [0.5, 0.6) is 0 Å². The molecule has 0 aromatic rings. The van der Waals surface area contributed by atoms with E-state index >= 15 is 0 Å². The minimum absolute atomic E-state index is 0.0509. The maximum Gasteiger partial charge on any atom is 0.155 e. The van der Waals surface area contributed by atoms with Gasteiger partial charge in [-0.25, -0.2) is 0 Å². The second-order valence-corrected chi connectivity index (χ2v) is 8.60. The highest BCUT2D eigenvalue weighted by Crippen LogP contribution is 2.64. The molecule has 120 valence electrons. The predicted octanol–water partition coefficient (Wildman–Crippen LogP) is 4.00. The van der Waals surface area contributed by atoms with Crippen molar-refractivity contribution in [2.24, 2.45) is 28.6 Å². The Bertz CT molecular complexity index is 566. The van der Waals surface area contributed by atoms with Gasteiger partial charge in [0, 0.05) is 23.7 Å². The van der Waals surface area contributed by atoms with E-state index in [0.717, 1.165) is 44.3 Å². The monoisotopic (exact) mass is 318 g/mol. The molecule has 0 aliphatic heterocycles. The third kappa shape index (κ3) is 1.81. The lowest BCUT2D eigenvalue weighted by atomic mass is 9.47. The number of hydrogen-bond donors (Lipinski definition) is 1. The summed E-state index contributed by atoms with van der Waals surface area (Å²) in [6, 6.07) is 0. The van der Waals surface area contributed by atoms with Crippen LogP contribution in [0.4, 0.5) is 0 Å². The van der Waals surface area contributed by atoms with Crippen molar-refractivity contribution in [2.45, 2.75) is 58.3 Å². The Hall–Kier alpha value is -0.570. The van der Waals surface area contributed by atoms with Gasteiger partial charge in [-0.2, -0.15) is 12.6 Å². The second-order valence-electron chi connectivity index (χ2n) is 8.28. The fraction of sp³-hybridized carbons (Fsp3) is 0.789. The number of carbonyl (C=O) groups is 2. The molecule has 4 aliphatic carbocycles. The molecule has 0 N–H and O–H groups in total. The Labute approximate surface area is 138 Å². The summed E-state index contributed by atoms with van der Waals surface area (Å²) in [4.78, 5) is 24.3. The number of ketones is 2. The summed E-state index contributed by atoms with van der Waals surface area (Å²) in [5, 5.41) is 0. The molecule has 3 fully saturated rings. The van der Waals surface area contributed by atoms with Crippen molar-refractivity contribution in [2.75, 3.05) is 5.75 Å². The molecular formula is C19H26O2S. The number of hydrogen-bond acceptors (Lipinski definition) is 3. The highest BCUT2D eigenvalue weighted by atomic mass is 32.1. The molecule has 3 heteroatoms. The molecule has 5 atom stereocenters. The predicted molar refractivity (Wildman–Crippen MR) is 89.9 cm³/mol. The topological polar surface area (TPSA) is 34.1 Å². The van der Waals surface area contributed by atoms with Gasteiger partial charge in [0.2, 0.25) is 0 Å². The summed E-state index contributed by atoms with van der Waals surface area (Å²) in [6.45, 7) is 2.23. The van der Waals surface area contributed by atoms with Gasteiger partial charge in [-0.3, -0.25) is 9.59 Å². The fourth-order valence-corrected chi connectivity index (χ4v) is 7.02. The highest BCUT2D eigenvalue weighted by Gasteiger charge is 2.59. The van der Waals surface area contributed by atoms with E-state index in [2.05, 4.69) is 6.92 Å². The standard InChI is InChI=1S/C19H26O2S/c1-18-8-7-16-14(15(18)4-5-17(18)21)3-2-12-10-13(20)6-9-19(12,16)11-22/h10,14-16,22H,2-9,11H2,1H3/t14-,15+,16-,18-,19+/m0/s1. The van der Waals surface area contributed by atoms with E-state index in [0.29, 0.717) is 35.7 Å². The summed E-state index contributed by atoms with van der Waals surface area (Å²) in [5.41, 5.74) is 1.48. The molecule has 0 aromatic carbocycles. The SMILES string of the molecule is C[C@]12CC[C@H]3[C@@H](CCC4=CC(=O)CC[C@@]43CS)[C@H]1CCC2=O. The first kappa shape index (κ1) is 15.0. The Morgan fingerprint density at radius 2 is 1.91 bits per heavy atom. The zero-order valence-electron chi connectivity index (χ0n) is 13.4. The summed E-state index contributed by atoms with van der Waals surface area (Å²) in [5.74, 6) is 3.57. The van der Waals surface area contributed by atoms with Crippen molar-refractivity contribution in [1.82, 2.24) is 0 Å². The highest BCUT2D eigenvalue weighted by molar-refractivity contribution is 7.80. The minimum atomic E-state index is -0.0509. The third-order valence-electron chi connectivity index (χ3n) is 7.68. The maximum atomic E-state index is 12.4. The third-order valence-corrected chi connectivity index (χ3v) is 8.24. The molecule has 0 unspecified atom stereocenters. The van der Waals surface area contributed by atoms with Crippen LogP contribution >= 0.6 is 12.6 Å². The molecule has 0 amide bonds. The number of fused-ring (bicyclic) bond motifs is 5. The number of rotatable bonds is 1. The molecule has 4 rings (SSSR count). The first-order valence-corrected chi connectivity index (χ1v) is 9.52. The summed E-state index contributed by atoms with van der Waals surface area (Å²) in [7, 11) is 0. The Morgan fingerprint density at radius 1 is 1.09 bits per heavy atom. The summed E-state index contributed by atoms with van der Waals surface area (Å²) >= 11 is 4.74. The van der Waals surface area contributed by atoms with E-state index in [4.69, 9.17) is 12.6 Å². The average Bonchev–Trinajstić information content (AvgIpc) is 2.82. The van der Waals surface area contributed by atoms with Gasteiger partial charge in [-0.1, -0.05) is 12.5 Å². The van der Waals surface area contributed by atoms with Gasteiger partial charge in [0.25, 0.3) is 0 Å². The lowest BCUT2D eigenvalue weighted by Crippen LogP contribution is -2.52. The first-order chi connectivity index (χ1) is 10.5. The number of allylic oxidation sites excluding steroid dienone is 1. The van der Waals surface area contributed by atoms with Crippen molar-refractivity contribution >= 4 is 24.2 Å². The molecular weight excluding hydrogens is 292 g/mol. The molecule has 0 bridgehead atoms. The average molecular weight is 318 g/mol. The van der Waals surface area contributed by atoms with E-state index < -0.39 is 0 Å². The first-order valence-electron chi connectivity index (χ1n) is 8.89. The maximum absolute atomic E-state index is 12.4. The lowest BCUT2D eigenvalue weighted by Gasteiger charge is -2.57. The van der Waals surface area contributed by atoms with E-state index in [1.54, 1.807) is 0 Å². The quantitative estimate of drug-likeness (QED) is 0.742. The van der Waals surface area contributed by atoms with Crippen molar-refractivity contribution in [1.29, 1.82) is 0 Å². The molecule has 0 radical (unpaired) electrons. The molecule has 0 spiro atoms. The van der Waals surface area contributed by atoms with Crippen molar-refractivity contribution in [3.8, 4) is 0 Å². The Kier molecular flexibility index (Phi) is 3.38. The van der Waals surface area contributed by atoms with Crippen LogP contribution in [-0.2, 0) is 9.59 Å². The minimum Gasteiger partial charge on any atom is -0.299 e. The van der Waals surface area contributed by atoms with Crippen molar-refractivity contribution < 1.29 is 9.59 Å². The fourth-order valence-electron chi connectivity index (χ4n) is 6.43. The smallest absolute Gasteiger partial charge is 0.155 e. The summed E-state index contributed by atoms with van der Waals surface area (Å²) < 4.78 is 0. The van der Waals surface area contributed by atoms with Crippen LogP contribution in [-0.4, -0.2) is 17.3 Å². The number of carbonyl (C=O) groups excluding carboxylic acids is 2. The normalized spacial score (nSPS) is 47.5. The van der Waals surface area contributed by atoms with Crippen LogP contribution in [0.25, 0.3) is 0 Å². The largest absolute Gasteiger partial charge is 0.299 e. The molecule has 0 saturated heterocycles. The van der Waals surface area contributed by atoms with Gasteiger partial charge in [-0.05, 0) is 68.1 Å². The Morgan fingerprint density at radius 3 is 2.68 bits per heavy atom. The van der Waals surface area contributed by atoms with Crippen LogP contribution in [0.2, 0.25) is 0 Å². The second kappa shape index (κ2) is 4.96. The van der Waals surface area contributed by atoms with E-state index in [1.165, 1.54) is 12.0 Å². The van der Waals surface area contributed by atoms with Gasteiger partial charge < -0.3 is 0 Å². The van der Waals surface area contributed by atoms with Crippen molar-refractivity contribution in [3.63, 3.8) is 0 Å². The summed E-state index contributed by atoms with van der Waals surface area (Å²) in [6.07, 6.45) is 9.93. The number of Topliss-reactive ketones (excluding diaryl/α,β-unsaturated/α-hetero) is 1. The van der Waals surface area contributed by atoms with Gasteiger partial charge in [0.05, 0.1) is 0 Å². The van der Waals surface area contributed by atoms with Crippen molar-refractivity contribution in [3.05, 3.63) is 11.6 Å². The van der Waals surface area contributed by atoms with Gasteiger partial charge in [0.15, 0.2) is 5.78 Å². The molecule has 4 aliphatic rings. The molecule has 22 heavy (non-hydrogen) atoms. The molecule has 0 aromatic heterocycles. The number of thiol groups is 1. The Balaban J connectivity index is 1.73. The van der Waals surface area contributed by atoms with E-state index in [-0.39, 0.29) is 10.8 Å². The van der Waals surface area contributed by atoms with E-state index in [9.17, 15) is 9.59 Å². The van der Waals surface area contributed by atoms with Gasteiger partial charge in [0.1, 0.15) is 5.78 Å². The van der Waals surface area contributed by atoms with Crippen LogP contribution < -0.4 is 0 Å². The van der Waals surface area contributed by atoms with Crippen LogP contribution in [0, 0.1) is 28.6 Å². The van der Waals surface area contributed by atoms with Crippen LogP contribution in [0.15, 0.2) is 11.6 Å². The lowest BCUT2D eigenvalue weighted by molar-refractivity contribution is -0.132. The van der Waals surface area contributed by atoms with Gasteiger partial charge >= 0.3 is 0 Å². The zero-order valence-corrected chi connectivity index (χ0v) is 14.3. The van der Waals surface area contributed by atoms with E-state index in [1.807, 2.05) is 6.08 Å². The van der Waals surface area contributed by atoms with Gasteiger partial charge in [-0.15, -0.1) is 0 Å². The molecule has 3 saturated carbocycles. The van der Waals surface area contributed by atoms with Crippen LogP contribution in [0.1, 0.15) is 58.3 Å². The van der Waals surface area contributed by atoms with Crippen LogP contribution in [0.3, 0.4) is 0 Å².